The van der Waals surface area contributed by atoms with Crippen molar-refractivity contribution < 1.29 is 4.79 Å². The Hall–Kier alpha value is -2.09. The van der Waals surface area contributed by atoms with E-state index in [-0.39, 0.29) is 11.8 Å². The third-order valence-corrected chi connectivity index (χ3v) is 5.17. The zero-order valence-electron chi connectivity index (χ0n) is 15.8. The number of carbonyl (C=O) groups is 1. The quantitative estimate of drug-likeness (QED) is 0.505. The molecule has 0 radical (unpaired) electrons. The number of amides is 1. The molecule has 1 amide bonds. The Balaban J connectivity index is 2.25. The lowest BCUT2D eigenvalue weighted by atomic mass is 9.90. The topological polar surface area (TPSA) is 20.3 Å². The minimum absolute atomic E-state index is 0.0704. The van der Waals surface area contributed by atoms with Crippen LogP contribution >= 0.6 is 0 Å². The van der Waals surface area contributed by atoms with Crippen LogP contribution in [0.4, 0.5) is 11.4 Å². The molecule has 0 aliphatic rings. The molecule has 2 heteroatoms. The van der Waals surface area contributed by atoms with E-state index >= 15 is 0 Å². The molecule has 2 aromatic rings. The molecule has 0 N–H and O–H groups in total. The van der Waals surface area contributed by atoms with Crippen molar-refractivity contribution in [3.05, 3.63) is 60.7 Å². The number of nitrogens with zero attached hydrogens (tertiary/aromatic N) is 1. The summed E-state index contributed by atoms with van der Waals surface area (Å²) in [6, 6.07) is 20.0. The lowest BCUT2D eigenvalue weighted by molar-refractivity contribution is -0.122. The first-order valence-corrected chi connectivity index (χ1v) is 9.65. The van der Waals surface area contributed by atoms with E-state index in [2.05, 4.69) is 20.8 Å². The Morgan fingerprint density at radius 2 is 1.24 bits per heavy atom. The highest BCUT2D eigenvalue weighted by molar-refractivity contribution is 6.01. The molecule has 0 saturated carbocycles. The predicted octanol–water partition coefficient (Wildman–Crippen LogP) is 6.59. The summed E-state index contributed by atoms with van der Waals surface area (Å²) in [5.41, 5.74) is 1.89. The number of hydrogen-bond acceptors (Lipinski definition) is 1. The Kier molecular flexibility index (Phi) is 7.72. The van der Waals surface area contributed by atoms with Gasteiger partial charge in [-0.1, -0.05) is 70.0 Å². The first-order valence-electron chi connectivity index (χ1n) is 9.65. The van der Waals surface area contributed by atoms with E-state index in [0.29, 0.717) is 0 Å². The molecule has 0 unspecified atom stereocenters. The van der Waals surface area contributed by atoms with Crippen molar-refractivity contribution in [2.75, 3.05) is 4.90 Å². The molecule has 134 valence electrons. The van der Waals surface area contributed by atoms with Crippen LogP contribution < -0.4 is 4.90 Å². The molecular weight excluding hydrogens is 306 g/mol. The molecule has 0 heterocycles. The highest BCUT2D eigenvalue weighted by Gasteiger charge is 2.25. The van der Waals surface area contributed by atoms with Gasteiger partial charge in [0.15, 0.2) is 0 Å². The fourth-order valence-corrected chi connectivity index (χ4v) is 3.38. The average Bonchev–Trinajstić information content (AvgIpc) is 2.67. The number of rotatable bonds is 9. The minimum Gasteiger partial charge on any atom is -0.281 e. The number of hydrogen-bond donors (Lipinski definition) is 0. The maximum absolute atomic E-state index is 13.4. The van der Waals surface area contributed by atoms with Gasteiger partial charge in [0.1, 0.15) is 0 Å². The number of para-hydroxylation sites is 2. The molecule has 0 spiro atoms. The highest BCUT2D eigenvalue weighted by atomic mass is 16.2. The third-order valence-electron chi connectivity index (χ3n) is 5.17. The van der Waals surface area contributed by atoms with Crippen molar-refractivity contribution in [1.82, 2.24) is 0 Å². The zero-order chi connectivity index (χ0) is 18.1. The monoisotopic (exact) mass is 337 g/mol. The molecule has 2 nitrogen and oxygen atoms in total. The van der Waals surface area contributed by atoms with Gasteiger partial charge < -0.3 is 0 Å². The summed E-state index contributed by atoms with van der Waals surface area (Å²) < 4.78 is 0. The van der Waals surface area contributed by atoms with Crippen molar-refractivity contribution in [2.24, 2.45) is 11.8 Å². The van der Waals surface area contributed by atoms with Gasteiger partial charge in [-0.25, -0.2) is 0 Å². The van der Waals surface area contributed by atoms with Crippen LogP contribution in [0.1, 0.15) is 52.9 Å². The van der Waals surface area contributed by atoms with Crippen LogP contribution in [0.2, 0.25) is 0 Å². The maximum atomic E-state index is 13.4. The number of anilines is 2. The molecular formula is C23H31NO. The first-order chi connectivity index (χ1) is 12.2. The molecule has 25 heavy (non-hydrogen) atoms. The average molecular weight is 338 g/mol. The first kappa shape index (κ1) is 19.2. The van der Waals surface area contributed by atoms with Gasteiger partial charge in [0, 0.05) is 17.3 Å². The van der Waals surface area contributed by atoms with Crippen LogP contribution in [-0.4, -0.2) is 5.91 Å². The SMILES string of the molecule is CCC(CC)CC[C@@H](CC)C(=O)N(c1ccccc1)c1ccccc1. The lowest BCUT2D eigenvalue weighted by Gasteiger charge is -2.28. The highest BCUT2D eigenvalue weighted by Crippen LogP contribution is 2.30. The van der Waals surface area contributed by atoms with Crippen LogP contribution in [0.3, 0.4) is 0 Å². The summed E-state index contributed by atoms with van der Waals surface area (Å²) in [5, 5.41) is 0. The van der Waals surface area contributed by atoms with Gasteiger partial charge in [-0.05, 0) is 49.4 Å². The van der Waals surface area contributed by atoms with Gasteiger partial charge >= 0.3 is 0 Å². The molecule has 0 aliphatic carbocycles. The summed E-state index contributed by atoms with van der Waals surface area (Å²) >= 11 is 0. The minimum atomic E-state index is 0.0704. The Morgan fingerprint density at radius 3 is 1.64 bits per heavy atom. The van der Waals surface area contributed by atoms with E-state index in [0.717, 1.165) is 36.6 Å². The van der Waals surface area contributed by atoms with Crippen LogP contribution in [0, 0.1) is 11.8 Å². The van der Waals surface area contributed by atoms with Gasteiger partial charge in [0.2, 0.25) is 5.91 Å². The van der Waals surface area contributed by atoms with Crippen molar-refractivity contribution in [1.29, 1.82) is 0 Å². The largest absolute Gasteiger partial charge is 0.281 e. The molecule has 0 aromatic heterocycles. The van der Waals surface area contributed by atoms with Gasteiger partial charge in [-0.15, -0.1) is 0 Å². The lowest BCUT2D eigenvalue weighted by Crippen LogP contribution is -2.32. The Bertz CT molecular complexity index is 580. The summed E-state index contributed by atoms with van der Waals surface area (Å²) in [6.45, 7) is 6.62. The van der Waals surface area contributed by atoms with Crippen LogP contribution in [0.5, 0.6) is 0 Å². The molecule has 1 atom stereocenters. The Labute approximate surface area is 152 Å². The summed E-state index contributed by atoms with van der Waals surface area (Å²) in [4.78, 5) is 15.3. The van der Waals surface area contributed by atoms with Crippen LogP contribution in [-0.2, 0) is 4.79 Å². The van der Waals surface area contributed by atoms with E-state index < -0.39 is 0 Å². The Morgan fingerprint density at radius 1 is 0.760 bits per heavy atom. The molecule has 0 aliphatic heterocycles. The smallest absolute Gasteiger partial charge is 0.234 e. The van der Waals surface area contributed by atoms with Gasteiger partial charge in [-0.3, -0.25) is 9.69 Å². The second-order valence-corrected chi connectivity index (χ2v) is 6.71. The van der Waals surface area contributed by atoms with Gasteiger partial charge in [-0.2, -0.15) is 0 Å². The summed E-state index contributed by atoms with van der Waals surface area (Å²) in [7, 11) is 0. The van der Waals surface area contributed by atoms with E-state index in [9.17, 15) is 4.79 Å². The standard InChI is InChI=1S/C23H31NO/c1-4-19(5-2)17-18-20(6-3)23(25)24(21-13-9-7-10-14-21)22-15-11-8-12-16-22/h7-16,19-20H,4-6,17-18H2,1-3H3/t20-/m1/s1. The van der Waals surface area contributed by atoms with Crippen molar-refractivity contribution >= 4 is 17.3 Å². The fourth-order valence-electron chi connectivity index (χ4n) is 3.38. The van der Waals surface area contributed by atoms with Crippen LogP contribution in [0.15, 0.2) is 60.7 Å². The summed E-state index contributed by atoms with van der Waals surface area (Å²) in [5.74, 6) is 1.01. The molecule has 2 rings (SSSR count). The fraction of sp³-hybridized carbons (Fsp3) is 0.435. The van der Waals surface area contributed by atoms with E-state index in [4.69, 9.17) is 0 Å². The molecule has 0 fully saturated rings. The second kappa shape index (κ2) is 10.0. The van der Waals surface area contributed by atoms with E-state index in [1.165, 1.54) is 12.8 Å². The number of carbonyl (C=O) groups excluding carboxylic acids is 1. The van der Waals surface area contributed by atoms with Crippen molar-refractivity contribution in [3.63, 3.8) is 0 Å². The van der Waals surface area contributed by atoms with Crippen molar-refractivity contribution in [2.45, 2.75) is 52.9 Å². The molecule has 2 aromatic carbocycles. The van der Waals surface area contributed by atoms with Crippen LogP contribution in [0.25, 0.3) is 0 Å². The normalized spacial score (nSPS) is 12.2. The number of benzene rings is 2. The molecule has 0 saturated heterocycles. The van der Waals surface area contributed by atoms with E-state index in [1.54, 1.807) is 0 Å². The maximum Gasteiger partial charge on any atom is 0.234 e. The summed E-state index contributed by atoms with van der Waals surface area (Å²) in [6.07, 6.45) is 5.38. The second-order valence-electron chi connectivity index (χ2n) is 6.71. The third kappa shape index (κ3) is 5.19. The molecule has 0 bridgehead atoms. The zero-order valence-corrected chi connectivity index (χ0v) is 15.8. The van der Waals surface area contributed by atoms with Crippen molar-refractivity contribution in [3.8, 4) is 0 Å². The predicted molar refractivity (Wildman–Crippen MR) is 107 cm³/mol. The van der Waals surface area contributed by atoms with Gasteiger partial charge in [0.25, 0.3) is 0 Å². The van der Waals surface area contributed by atoms with Gasteiger partial charge in [0.05, 0.1) is 0 Å². The van der Waals surface area contributed by atoms with E-state index in [1.807, 2.05) is 65.6 Å².